The van der Waals surface area contributed by atoms with Gasteiger partial charge in [-0.2, -0.15) is 4.39 Å². The lowest BCUT2D eigenvalue weighted by Gasteiger charge is -2.09. The predicted molar refractivity (Wildman–Crippen MR) is 53.0 cm³/mol. The number of carbonyl (C=O) groups is 1. The number of ether oxygens (including phenoxy) is 1. The number of hydrogen-bond donors (Lipinski definition) is 2. The van der Waals surface area contributed by atoms with Gasteiger partial charge in [0.05, 0.1) is 24.2 Å². The summed E-state index contributed by atoms with van der Waals surface area (Å²) in [6.45, 7) is -0.338. The molecule has 4 nitrogen and oxygen atoms in total. The molecule has 0 saturated heterocycles. The Balaban J connectivity index is 3.40. The molecule has 0 heterocycles. The number of ketones is 1. The number of nitrogens with two attached hydrogens (primary N) is 1. The second-order valence-electron chi connectivity index (χ2n) is 2.73. The highest BCUT2D eigenvalue weighted by Crippen LogP contribution is 2.36. The number of rotatable bonds is 3. The van der Waals surface area contributed by atoms with Crippen LogP contribution in [0.4, 0.5) is 4.39 Å². The van der Waals surface area contributed by atoms with Crippen molar-refractivity contribution in [3.63, 3.8) is 0 Å². The Kier molecular flexibility index (Phi) is 3.49. The van der Waals surface area contributed by atoms with Crippen molar-refractivity contribution < 1.29 is 19.0 Å². The smallest absolute Gasteiger partial charge is 0.208 e. The van der Waals surface area contributed by atoms with E-state index in [2.05, 4.69) is 4.74 Å². The maximum atomic E-state index is 13.4. The number of methoxy groups -OCH3 is 1. The summed E-state index contributed by atoms with van der Waals surface area (Å²) in [6.07, 6.45) is 0. The van der Waals surface area contributed by atoms with Gasteiger partial charge in [0.1, 0.15) is 0 Å². The lowest BCUT2D eigenvalue weighted by molar-refractivity contribution is 0.0998. The van der Waals surface area contributed by atoms with Crippen LogP contribution in [-0.4, -0.2) is 24.5 Å². The first kappa shape index (κ1) is 11.7. The molecule has 15 heavy (non-hydrogen) atoms. The second kappa shape index (κ2) is 4.46. The summed E-state index contributed by atoms with van der Waals surface area (Å²) >= 11 is 5.64. The zero-order valence-corrected chi connectivity index (χ0v) is 8.64. The average molecular weight is 234 g/mol. The largest absolute Gasteiger partial charge is 0.504 e. The van der Waals surface area contributed by atoms with Gasteiger partial charge >= 0.3 is 0 Å². The minimum absolute atomic E-state index is 0.0930. The Bertz CT molecular complexity index is 409. The molecule has 1 aromatic carbocycles. The lowest BCUT2D eigenvalue weighted by Crippen LogP contribution is -2.14. The fraction of sp³-hybridized carbons (Fsp3) is 0.222. The Hall–Kier alpha value is -1.33. The van der Waals surface area contributed by atoms with Crippen LogP contribution in [0.2, 0.25) is 5.02 Å². The highest BCUT2D eigenvalue weighted by atomic mass is 35.5. The van der Waals surface area contributed by atoms with Crippen molar-refractivity contribution in [3.05, 3.63) is 22.5 Å². The summed E-state index contributed by atoms with van der Waals surface area (Å²) in [4.78, 5) is 11.2. The zero-order chi connectivity index (χ0) is 11.6. The summed E-state index contributed by atoms with van der Waals surface area (Å²) in [5.41, 5.74) is 4.84. The van der Waals surface area contributed by atoms with Gasteiger partial charge in [-0.1, -0.05) is 11.6 Å². The van der Waals surface area contributed by atoms with E-state index < -0.39 is 17.3 Å². The normalized spacial score (nSPS) is 10.1. The van der Waals surface area contributed by atoms with Crippen LogP contribution in [0.15, 0.2) is 6.07 Å². The average Bonchev–Trinajstić information content (AvgIpc) is 2.23. The first-order valence-electron chi connectivity index (χ1n) is 4.01. The van der Waals surface area contributed by atoms with E-state index in [1.54, 1.807) is 0 Å². The minimum Gasteiger partial charge on any atom is -0.504 e. The summed E-state index contributed by atoms with van der Waals surface area (Å²) < 4.78 is 18.0. The third-order valence-corrected chi connectivity index (χ3v) is 2.12. The van der Waals surface area contributed by atoms with E-state index in [9.17, 15) is 14.3 Å². The van der Waals surface area contributed by atoms with Crippen LogP contribution in [0.5, 0.6) is 11.5 Å². The molecule has 0 unspecified atom stereocenters. The van der Waals surface area contributed by atoms with Crippen molar-refractivity contribution in [2.24, 2.45) is 5.73 Å². The molecule has 0 atom stereocenters. The number of aromatic hydroxyl groups is 1. The third-order valence-electron chi connectivity index (χ3n) is 1.84. The molecule has 3 N–H and O–H groups in total. The van der Waals surface area contributed by atoms with Gasteiger partial charge in [-0.3, -0.25) is 4.79 Å². The van der Waals surface area contributed by atoms with Gasteiger partial charge in [0.25, 0.3) is 0 Å². The molecule has 0 saturated carbocycles. The van der Waals surface area contributed by atoms with E-state index in [0.717, 1.165) is 6.07 Å². The molecule has 0 bridgehead atoms. The highest BCUT2D eigenvalue weighted by Gasteiger charge is 2.20. The van der Waals surface area contributed by atoms with E-state index in [4.69, 9.17) is 17.3 Å². The molecule has 0 fully saturated rings. The van der Waals surface area contributed by atoms with Crippen molar-refractivity contribution in [1.29, 1.82) is 0 Å². The molecular formula is C9H9ClFNO3. The van der Waals surface area contributed by atoms with E-state index in [1.165, 1.54) is 7.11 Å². The van der Waals surface area contributed by atoms with Crippen molar-refractivity contribution in [2.45, 2.75) is 0 Å². The summed E-state index contributed by atoms with van der Waals surface area (Å²) in [7, 11) is 1.20. The molecule has 6 heteroatoms. The quantitative estimate of drug-likeness (QED) is 0.773. The monoisotopic (exact) mass is 233 g/mol. The maximum Gasteiger partial charge on any atom is 0.208 e. The SMILES string of the molecule is COc1c(Cl)cc(C(=O)CN)c(O)c1F. The van der Waals surface area contributed by atoms with Gasteiger partial charge in [0.2, 0.25) is 5.82 Å². The molecule has 82 valence electrons. The Morgan fingerprint density at radius 3 is 2.80 bits per heavy atom. The van der Waals surface area contributed by atoms with E-state index >= 15 is 0 Å². The molecule has 0 amide bonds. The van der Waals surface area contributed by atoms with Gasteiger partial charge < -0.3 is 15.6 Å². The minimum atomic E-state index is -1.07. The topological polar surface area (TPSA) is 72.5 Å². The highest BCUT2D eigenvalue weighted by molar-refractivity contribution is 6.32. The molecule has 1 rings (SSSR count). The van der Waals surface area contributed by atoms with E-state index in [-0.39, 0.29) is 22.9 Å². The lowest BCUT2D eigenvalue weighted by atomic mass is 10.1. The summed E-state index contributed by atoms with van der Waals surface area (Å²) in [5, 5.41) is 9.25. The van der Waals surface area contributed by atoms with E-state index in [0.29, 0.717) is 0 Å². The summed E-state index contributed by atoms with van der Waals surface area (Å²) in [5.74, 6) is -2.77. The molecule has 0 spiro atoms. The number of phenols is 1. The van der Waals surface area contributed by atoms with Crippen LogP contribution >= 0.6 is 11.6 Å². The molecule has 0 aromatic heterocycles. The third kappa shape index (κ3) is 2.03. The molecule has 0 radical (unpaired) electrons. The van der Waals surface area contributed by atoms with Crippen LogP contribution in [-0.2, 0) is 0 Å². The van der Waals surface area contributed by atoms with E-state index in [1.807, 2.05) is 0 Å². The Morgan fingerprint density at radius 1 is 1.73 bits per heavy atom. The van der Waals surface area contributed by atoms with Gasteiger partial charge in [-0.25, -0.2) is 0 Å². The molecular weight excluding hydrogens is 225 g/mol. The van der Waals surface area contributed by atoms with Crippen molar-refractivity contribution in [1.82, 2.24) is 0 Å². The van der Waals surface area contributed by atoms with Crippen LogP contribution in [0.1, 0.15) is 10.4 Å². The number of hydrogen-bond acceptors (Lipinski definition) is 4. The van der Waals surface area contributed by atoms with Crippen LogP contribution in [0, 0.1) is 5.82 Å². The number of halogens is 2. The summed E-state index contributed by atoms with van der Waals surface area (Å²) in [6, 6.07) is 1.12. The van der Waals surface area contributed by atoms with Crippen LogP contribution < -0.4 is 10.5 Å². The van der Waals surface area contributed by atoms with Gasteiger partial charge in [0, 0.05) is 0 Å². The first-order chi connectivity index (χ1) is 7.02. The van der Waals surface area contributed by atoms with Gasteiger partial charge in [-0.15, -0.1) is 0 Å². The van der Waals surface area contributed by atoms with Crippen LogP contribution in [0.3, 0.4) is 0 Å². The number of carbonyl (C=O) groups excluding carboxylic acids is 1. The molecule has 0 aliphatic heterocycles. The van der Waals surface area contributed by atoms with Crippen molar-refractivity contribution >= 4 is 17.4 Å². The molecule has 1 aromatic rings. The number of phenolic OH excluding ortho intramolecular Hbond substituents is 1. The fourth-order valence-electron chi connectivity index (χ4n) is 1.10. The van der Waals surface area contributed by atoms with Crippen molar-refractivity contribution in [3.8, 4) is 11.5 Å². The predicted octanol–water partition coefficient (Wildman–Crippen LogP) is 1.33. The second-order valence-corrected chi connectivity index (χ2v) is 3.14. The Morgan fingerprint density at radius 2 is 2.33 bits per heavy atom. The van der Waals surface area contributed by atoms with Gasteiger partial charge in [0.15, 0.2) is 17.3 Å². The zero-order valence-electron chi connectivity index (χ0n) is 7.88. The van der Waals surface area contributed by atoms with Gasteiger partial charge in [-0.05, 0) is 6.07 Å². The van der Waals surface area contributed by atoms with Crippen LogP contribution in [0.25, 0.3) is 0 Å². The fourth-order valence-corrected chi connectivity index (χ4v) is 1.37. The Labute approximate surface area is 90.4 Å². The number of benzene rings is 1. The first-order valence-corrected chi connectivity index (χ1v) is 4.39. The maximum absolute atomic E-state index is 13.4. The number of Topliss-reactive ketones (excluding diaryl/α,β-unsaturated/α-hetero) is 1. The van der Waals surface area contributed by atoms with Crippen molar-refractivity contribution in [2.75, 3.05) is 13.7 Å². The molecule has 0 aliphatic carbocycles. The standard InChI is InChI=1S/C9H9ClFNO3/c1-15-9-5(10)2-4(6(13)3-12)8(14)7(9)11/h2,14H,3,12H2,1H3. The molecule has 0 aliphatic rings.